The molecular formula is C13H16O4. The number of fused-ring (bicyclic) bond motifs is 1. The molecule has 1 aromatic carbocycles. The SMILES string of the molecule is COC(=O)C(C)C1CCOc2cc(O)ccc21. The van der Waals surface area contributed by atoms with Crippen molar-refractivity contribution in [1.29, 1.82) is 0 Å². The molecule has 0 saturated carbocycles. The highest BCUT2D eigenvalue weighted by Gasteiger charge is 2.31. The number of carbonyl (C=O) groups is 1. The Morgan fingerprint density at radius 3 is 3.06 bits per heavy atom. The summed E-state index contributed by atoms with van der Waals surface area (Å²) in [6.45, 7) is 2.42. The molecule has 1 aromatic rings. The van der Waals surface area contributed by atoms with Gasteiger partial charge in [0.2, 0.25) is 0 Å². The standard InChI is InChI=1S/C13H16O4/c1-8(13(15)16-2)10-5-6-17-12-7-9(14)3-4-11(10)12/h3-4,7-8,10,14H,5-6H2,1-2H3. The van der Waals surface area contributed by atoms with Crippen molar-refractivity contribution >= 4 is 5.97 Å². The van der Waals surface area contributed by atoms with Gasteiger partial charge in [-0.3, -0.25) is 4.79 Å². The van der Waals surface area contributed by atoms with E-state index >= 15 is 0 Å². The van der Waals surface area contributed by atoms with E-state index in [9.17, 15) is 9.90 Å². The van der Waals surface area contributed by atoms with Crippen molar-refractivity contribution in [2.24, 2.45) is 5.92 Å². The van der Waals surface area contributed by atoms with Gasteiger partial charge in [0, 0.05) is 12.0 Å². The molecule has 0 aliphatic carbocycles. The largest absolute Gasteiger partial charge is 0.508 e. The molecule has 1 aliphatic rings. The van der Waals surface area contributed by atoms with Crippen LogP contribution in [0.3, 0.4) is 0 Å². The average molecular weight is 236 g/mol. The highest BCUT2D eigenvalue weighted by atomic mass is 16.5. The molecule has 92 valence electrons. The van der Waals surface area contributed by atoms with Crippen molar-refractivity contribution in [2.75, 3.05) is 13.7 Å². The molecule has 0 radical (unpaired) electrons. The number of methoxy groups -OCH3 is 1. The molecule has 0 bridgehead atoms. The van der Waals surface area contributed by atoms with Crippen LogP contribution in [-0.2, 0) is 9.53 Å². The van der Waals surface area contributed by atoms with Crippen molar-refractivity contribution in [3.63, 3.8) is 0 Å². The molecule has 4 heteroatoms. The minimum absolute atomic E-state index is 0.0896. The molecule has 0 saturated heterocycles. The number of rotatable bonds is 2. The summed E-state index contributed by atoms with van der Waals surface area (Å²) in [6, 6.07) is 5.02. The highest BCUT2D eigenvalue weighted by molar-refractivity contribution is 5.73. The van der Waals surface area contributed by atoms with Crippen molar-refractivity contribution in [2.45, 2.75) is 19.3 Å². The Bertz CT molecular complexity index is 427. The van der Waals surface area contributed by atoms with E-state index in [2.05, 4.69) is 0 Å². The Balaban J connectivity index is 2.31. The van der Waals surface area contributed by atoms with Gasteiger partial charge in [-0.05, 0) is 18.1 Å². The highest BCUT2D eigenvalue weighted by Crippen LogP contribution is 2.40. The van der Waals surface area contributed by atoms with Crippen LogP contribution in [0, 0.1) is 5.92 Å². The predicted octanol–water partition coefficient (Wildman–Crippen LogP) is 2.07. The van der Waals surface area contributed by atoms with Crippen LogP contribution in [0.1, 0.15) is 24.8 Å². The van der Waals surface area contributed by atoms with Crippen LogP contribution < -0.4 is 4.74 Å². The zero-order chi connectivity index (χ0) is 12.4. The van der Waals surface area contributed by atoms with E-state index in [1.54, 1.807) is 12.1 Å². The zero-order valence-electron chi connectivity index (χ0n) is 9.97. The Morgan fingerprint density at radius 1 is 1.59 bits per heavy atom. The van der Waals surface area contributed by atoms with Gasteiger partial charge in [-0.15, -0.1) is 0 Å². The first-order chi connectivity index (χ1) is 8.13. The number of phenols is 1. The lowest BCUT2D eigenvalue weighted by molar-refractivity contribution is -0.145. The summed E-state index contributed by atoms with van der Waals surface area (Å²) in [5.74, 6) is 0.516. The molecule has 1 N–H and O–H groups in total. The molecule has 17 heavy (non-hydrogen) atoms. The van der Waals surface area contributed by atoms with Gasteiger partial charge in [-0.1, -0.05) is 13.0 Å². The minimum Gasteiger partial charge on any atom is -0.508 e. The smallest absolute Gasteiger partial charge is 0.308 e. The third-order valence-electron chi connectivity index (χ3n) is 3.26. The van der Waals surface area contributed by atoms with Crippen LogP contribution >= 0.6 is 0 Å². The van der Waals surface area contributed by atoms with Gasteiger partial charge in [0.15, 0.2) is 0 Å². The lowest BCUT2D eigenvalue weighted by Gasteiger charge is -2.29. The minimum atomic E-state index is -0.212. The first-order valence-corrected chi connectivity index (χ1v) is 5.67. The van der Waals surface area contributed by atoms with E-state index in [4.69, 9.17) is 9.47 Å². The molecular weight excluding hydrogens is 220 g/mol. The monoisotopic (exact) mass is 236 g/mol. The average Bonchev–Trinajstić information content (AvgIpc) is 2.35. The van der Waals surface area contributed by atoms with Crippen molar-refractivity contribution in [1.82, 2.24) is 0 Å². The number of ether oxygens (including phenoxy) is 2. The van der Waals surface area contributed by atoms with Gasteiger partial charge >= 0.3 is 5.97 Å². The van der Waals surface area contributed by atoms with Gasteiger partial charge in [0.25, 0.3) is 0 Å². The predicted molar refractivity (Wildman–Crippen MR) is 62.1 cm³/mol. The third-order valence-corrected chi connectivity index (χ3v) is 3.26. The Morgan fingerprint density at radius 2 is 2.35 bits per heavy atom. The molecule has 1 heterocycles. The summed E-state index contributed by atoms with van der Waals surface area (Å²) < 4.78 is 10.3. The van der Waals surface area contributed by atoms with E-state index in [1.165, 1.54) is 7.11 Å². The summed E-state index contributed by atoms with van der Waals surface area (Å²) in [5.41, 5.74) is 0.965. The normalized spacial score (nSPS) is 20.0. The Hall–Kier alpha value is -1.71. The fraction of sp³-hybridized carbons (Fsp3) is 0.462. The lowest BCUT2D eigenvalue weighted by Crippen LogP contribution is -2.25. The summed E-state index contributed by atoms with van der Waals surface area (Å²) in [4.78, 5) is 11.6. The number of benzene rings is 1. The summed E-state index contributed by atoms with van der Waals surface area (Å²) in [6.07, 6.45) is 0.786. The Kier molecular flexibility index (Phi) is 3.22. The first-order valence-electron chi connectivity index (χ1n) is 5.67. The van der Waals surface area contributed by atoms with Crippen LogP contribution in [-0.4, -0.2) is 24.8 Å². The summed E-state index contributed by atoms with van der Waals surface area (Å²) in [7, 11) is 1.40. The molecule has 0 fully saturated rings. The van der Waals surface area contributed by atoms with E-state index in [0.717, 1.165) is 12.0 Å². The maximum absolute atomic E-state index is 11.6. The topological polar surface area (TPSA) is 55.8 Å². The molecule has 2 atom stereocenters. The van der Waals surface area contributed by atoms with Gasteiger partial charge < -0.3 is 14.6 Å². The van der Waals surface area contributed by atoms with Crippen LogP contribution in [0.2, 0.25) is 0 Å². The van der Waals surface area contributed by atoms with Crippen LogP contribution in [0.25, 0.3) is 0 Å². The second-order valence-corrected chi connectivity index (χ2v) is 4.28. The fourth-order valence-electron chi connectivity index (χ4n) is 2.28. The van der Waals surface area contributed by atoms with Crippen molar-refractivity contribution < 1.29 is 19.4 Å². The van der Waals surface area contributed by atoms with Gasteiger partial charge in [0.05, 0.1) is 19.6 Å². The lowest BCUT2D eigenvalue weighted by atomic mass is 9.83. The number of phenolic OH excluding ortho intramolecular Hbond substituents is 1. The molecule has 0 spiro atoms. The molecule has 0 aromatic heterocycles. The molecule has 1 aliphatic heterocycles. The zero-order valence-corrected chi connectivity index (χ0v) is 9.97. The molecule has 2 unspecified atom stereocenters. The van der Waals surface area contributed by atoms with Gasteiger partial charge in [-0.25, -0.2) is 0 Å². The number of aromatic hydroxyl groups is 1. The van der Waals surface area contributed by atoms with E-state index in [0.29, 0.717) is 12.4 Å². The summed E-state index contributed by atoms with van der Waals surface area (Å²) in [5, 5.41) is 9.40. The first kappa shape index (κ1) is 11.8. The molecule has 0 amide bonds. The molecule has 2 rings (SSSR count). The van der Waals surface area contributed by atoms with Crippen molar-refractivity contribution in [3.8, 4) is 11.5 Å². The maximum Gasteiger partial charge on any atom is 0.308 e. The second-order valence-electron chi connectivity index (χ2n) is 4.28. The van der Waals surface area contributed by atoms with E-state index < -0.39 is 0 Å². The number of esters is 1. The maximum atomic E-state index is 11.6. The Labute approximate surface area is 100 Å². The van der Waals surface area contributed by atoms with Gasteiger partial charge in [0.1, 0.15) is 11.5 Å². The number of hydrogen-bond donors (Lipinski definition) is 1. The van der Waals surface area contributed by atoms with Crippen LogP contribution in [0.4, 0.5) is 0 Å². The van der Waals surface area contributed by atoms with Crippen molar-refractivity contribution in [3.05, 3.63) is 23.8 Å². The quantitative estimate of drug-likeness (QED) is 0.799. The number of hydrogen-bond acceptors (Lipinski definition) is 4. The summed E-state index contributed by atoms with van der Waals surface area (Å²) >= 11 is 0. The fourth-order valence-corrected chi connectivity index (χ4v) is 2.28. The van der Waals surface area contributed by atoms with E-state index in [-0.39, 0.29) is 23.6 Å². The number of carbonyl (C=O) groups excluding carboxylic acids is 1. The van der Waals surface area contributed by atoms with Crippen LogP contribution in [0.5, 0.6) is 11.5 Å². The van der Waals surface area contributed by atoms with Gasteiger partial charge in [-0.2, -0.15) is 0 Å². The molecule has 4 nitrogen and oxygen atoms in total. The van der Waals surface area contributed by atoms with E-state index in [1.807, 2.05) is 13.0 Å². The second kappa shape index (κ2) is 4.65. The third kappa shape index (κ3) is 2.20. The van der Waals surface area contributed by atoms with Crippen LogP contribution in [0.15, 0.2) is 18.2 Å².